The van der Waals surface area contributed by atoms with Crippen LogP contribution in [0.3, 0.4) is 0 Å². The molecular formula is C11H18N2O. The van der Waals surface area contributed by atoms with Crippen molar-refractivity contribution < 1.29 is 4.79 Å². The van der Waals surface area contributed by atoms with Crippen LogP contribution in [0.5, 0.6) is 0 Å². The van der Waals surface area contributed by atoms with Crippen molar-refractivity contribution >= 4 is 6.03 Å². The number of nitrogens with zero attached hydrogens (tertiary/aromatic N) is 1. The molecule has 0 aromatic heterocycles. The van der Waals surface area contributed by atoms with Gasteiger partial charge in [-0.15, -0.1) is 0 Å². The zero-order valence-electron chi connectivity index (χ0n) is 9.29. The molecule has 3 heteroatoms. The lowest BCUT2D eigenvalue weighted by Crippen LogP contribution is -2.55. The summed E-state index contributed by atoms with van der Waals surface area (Å²) >= 11 is 0. The molecule has 78 valence electrons. The van der Waals surface area contributed by atoms with Crippen molar-refractivity contribution in [2.24, 2.45) is 11.8 Å². The third-order valence-corrected chi connectivity index (χ3v) is 3.48. The smallest absolute Gasteiger partial charge is 0.322 e. The van der Waals surface area contributed by atoms with E-state index in [0.717, 1.165) is 6.54 Å². The first-order valence-corrected chi connectivity index (χ1v) is 5.34. The van der Waals surface area contributed by atoms with Gasteiger partial charge in [0.2, 0.25) is 0 Å². The molecule has 2 atom stereocenters. The first-order chi connectivity index (χ1) is 6.54. The summed E-state index contributed by atoms with van der Waals surface area (Å²) in [7, 11) is 0. The third-order valence-electron chi connectivity index (χ3n) is 3.48. The Morgan fingerprint density at radius 1 is 1.36 bits per heavy atom. The Morgan fingerprint density at radius 2 is 2.00 bits per heavy atom. The van der Waals surface area contributed by atoms with Crippen molar-refractivity contribution in [3.05, 3.63) is 11.3 Å². The molecule has 2 rings (SSSR count). The maximum absolute atomic E-state index is 11.7. The van der Waals surface area contributed by atoms with Crippen LogP contribution < -0.4 is 5.32 Å². The van der Waals surface area contributed by atoms with Gasteiger partial charge in [0.15, 0.2) is 0 Å². The maximum Gasteiger partial charge on any atom is 0.322 e. The van der Waals surface area contributed by atoms with Gasteiger partial charge in [0.1, 0.15) is 0 Å². The third kappa shape index (κ3) is 1.08. The highest BCUT2D eigenvalue weighted by Gasteiger charge is 2.42. The molecule has 0 saturated heterocycles. The van der Waals surface area contributed by atoms with E-state index in [0.29, 0.717) is 11.8 Å². The normalized spacial score (nSPS) is 31.5. The summed E-state index contributed by atoms with van der Waals surface area (Å²) in [6, 6.07) is 0.327. The monoisotopic (exact) mass is 194 g/mol. The van der Waals surface area contributed by atoms with E-state index in [1.165, 1.54) is 11.3 Å². The van der Waals surface area contributed by atoms with Gasteiger partial charge in [0, 0.05) is 24.2 Å². The molecule has 0 radical (unpaired) electrons. The molecule has 2 amide bonds. The SMILES string of the molecule is CC1C2=C(C1C)N(C(C)C)C(=O)NC2. The molecule has 14 heavy (non-hydrogen) atoms. The number of urea groups is 1. The second-order valence-corrected chi connectivity index (χ2v) is 4.61. The topological polar surface area (TPSA) is 32.3 Å². The summed E-state index contributed by atoms with van der Waals surface area (Å²) in [5, 5.41) is 2.92. The number of allylic oxidation sites excluding steroid dienone is 1. The number of carbonyl (C=O) groups excluding carboxylic acids is 1. The van der Waals surface area contributed by atoms with Crippen LogP contribution in [0, 0.1) is 11.8 Å². The zero-order chi connectivity index (χ0) is 10.5. The number of hydrogen-bond acceptors (Lipinski definition) is 1. The molecule has 1 heterocycles. The molecular weight excluding hydrogens is 176 g/mol. The Hall–Kier alpha value is -0.990. The molecule has 0 aromatic rings. The van der Waals surface area contributed by atoms with Gasteiger partial charge in [-0.3, -0.25) is 4.90 Å². The van der Waals surface area contributed by atoms with Crippen LogP contribution in [-0.2, 0) is 0 Å². The highest BCUT2D eigenvalue weighted by Crippen LogP contribution is 2.44. The van der Waals surface area contributed by atoms with E-state index in [2.05, 4.69) is 33.0 Å². The molecule has 0 spiro atoms. The highest BCUT2D eigenvalue weighted by atomic mass is 16.2. The Morgan fingerprint density at radius 3 is 2.57 bits per heavy atom. The minimum absolute atomic E-state index is 0.0671. The number of rotatable bonds is 1. The van der Waals surface area contributed by atoms with Crippen molar-refractivity contribution in [2.75, 3.05) is 6.54 Å². The summed E-state index contributed by atoms with van der Waals surface area (Å²) < 4.78 is 0. The molecule has 0 saturated carbocycles. The second kappa shape index (κ2) is 3.01. The van der Waals surface area contributed by atoms with Crippen LogP contribution in [-0.4, -0.2) is 23.5 Å². The quantitative estimate of drug-likeness (QED) is 0.680. The lowest BCUT2D eigenvalue weighted by atomic mass is 9.72. The number of hydrogen-bond donors (Lipinski definition) is 1. The van der Waals surface area contributed by atoms with E-state index >= 15 is 0 Å². The molecule has 1 aliphatic heterocycles. The van der Waals surface area contributed by atoms with Crippen molar-refractivity contribution in [3.63, 3.8) is 0 Å². The largest absolute Gasteiger partial charge is 0.334 e. The van der Waals surface area contributed by atoms with Crippen LogP contribution in [0.2, 0.25) is 0 Å². The van der Waals surface area contributed by atoms with E-state index in [-0.39, 0.29) is 12.1 Å². The van der Waals surface area contributed by atoms with Crippen molar-refractivity contribution in [2.45, 2.75) is 33.7 Å². The molecule has 1 N–H and O–H groups in total. The molecule has 0 aromatic carbocycles. The van der Waals surface area contributed by atoms with Gasteiger partial charge >= 0.3 is 6.03 Å². The lowest BCUT2D eigenvalue weighted by molar-refractivity contribution is 0.167. The average Bonchev–Trinajstić information content (AvgIpc) is 2.15. The number of amides is 2. The highest BCUT2D eigenvalue weighted by molar-refractivity contribution is 5.79. The second-order valence-electron chi connectivity index (χ2n) is 4.61. The van der Waals surface area contributed by atoms with Crippen LogP contribution in [0.25, 0.3) is 0 Å². The van der Waals surface area contributed by atoms with E-state index in [1.54, 1.807) is 0 Å². The first kappa shape index (κ1) is 9.56. The van der Waals surface area contributed by atoms with Crippen LogP contribution in [0.1, 0.15) is 27.7 Å². The van der Waals surface area contributed by atoms with Gasteiger partial charge in [0.05, 0.1) is 0 Å². The van der Waals surface area contributed by atoms with Gasteiger partial charge in [0.25, 0.3) is 0 Å². The minimum Gasteiger partial charge on any atom is -0.334 e. The first-order valence-electron chi connectivity index (χ1n) is 5.34. The van der Waals surface area contributed by atoms with Gasteiger partial charge < -0.3 is 5.32 Å². The average molecular weight is 194 g/mol. The van der Waals surface area contributed by atoms with Crippen LogP contribution in [0.15, 0.2) is 11.3 Å². The van der Waals surface area contributed by atoms with Crippen molar-refractivity contribution in [1.29, 1.82) is 0 Å². The van der Waals surface area contributed by atoms with Gasteiger partial charge in [-0.1, -0.05) is 13.8 Å². The lowest BCUT2D eigenvalue weighted by Gasteiger charge is -2.48. The van der Waals surface area contributed by atoms with Gasteiger partial charge in [-0.05, 0) is 25.3 Å². The molecule has 0 fully saturated rings. The number of nitrogens with one attached hydrogen (secondary N) is 1. The predicted octanol–water partition coefficient (Wildman–Crippen LogP) is 1.96. The zero-order valence-corrected chi connectivity index (χ0v) is 9.29. The minimum atomic E-state index is 0.0671. The number of carbonyl (C=O) groups is 1. The van der Waals surface area contributed by atoms with E-state index < -0.39 is 0 Å². The summed E-state index contributed by atoms with van der Waals surface area (Å²) in [6.07, 6.45) is 0. The maximum atomic E-state index is 11.7. The fourth-order valence-electron chi connectivity index (χ4n) is 2.47. The molecule has 1 aliphatic carbocycles. The van der Waals surface area contributed by atoms with E-state index in [1.807, 2.05) is 4.90 Å². The molecule has 2 aliphatic rings. The summed E-state index contributed by atoms with van der Waals surface area (Å²) in [5.74, 6) is 1.17. The summed E-state index contributed by atoms with van der Waals surface area (Å²) in [5.41, 5.74) is 2.70. The summed E-state index contributed by atoms with van der Waals surface area (Å²) in [6.45, 7) is 9.32. The Kier molecular flexibility index (Phi) is 2.05. The molecule has 2 unspecified atom stereocenters. The van der Waals surface area contributed by atoms with Crippen molar-refractivity contribution in [1.82, 2.24) is 10.2 Å². The van der Waals surface area contributed by atoms with Gasteiger partial charge in [-0.2, -0.15) is 0 Å². The molecule has 3 nitrogen and oxygen atoms in total. The Balaban J connectivity index is 2.34. The fourth-order valence-corrected chi connectivity index (χ4v) is 2.47. The molecule has 0 bridgehead atoms. The van der Waals surface area contributed by atoms with Crippen molar-refractivity contribution in [3.8, 4) is 0 Å². The van der Waals surface area contributed by atoms with Crippen LogP contribution in [0.4, 0.5) is 4.79 Å². The Labute approximate surface area is 85.2 Å². The predicted molar refractivity (Wildman–Crippen MR) is 55.7 cm³/mol. The van der Waals surface area contributed by atoms with Gasteiger partial charge in [-0.25, -0.2) is 4.79 Å². The van der Waals surface area contributed by atoms with E-state index in [4.69, 9.17) is 0 Å². The summed E-state index contributed by atoms with van der Waals surface area (Å²) in [4.78, 5) is 13.6. The Bertz CT molecular complexity index is 306. The fraction of sp³-hybridized carbons (Fsp3) is 0.727. The van der Waals surface area contributed by atoms with Crippen LogP contribution >= 0.6 is 0 Å². The standard InChI is InChI=1S/C11H18N2O/c1-6(2)13-10-8(4)7(3)9(10)5-12-11(13)14/h6-8H,5H2,1-4H3,(H,12,14). The van der Waals surface area contributed by atoms with E-state index in [9.17, 15) is 4.79 Å².